The van der Waals surface area contributed by atoms with Gasteiger partial charge in [0.05, 0.1) is 17.8 Å². The Hall–Kier alpha value is -2.54. The Bertz CT molecular complexity index is 930. The molecular weight excluding hydrogens is 388 g/mol. The molecule has 156 valence electrons. The number of anilines is 1. The molecule has 3 rings (SSSR count). The maximum Gasteiger partial charge on any atom is 0.247 e. The molecule has 1 unspecified atom stereocenters. The number of furan rings is 1. The van der Waals surface area contributed by atoms with Crippen molar-refractivity contribution in [3.05, 3.63) is 60.1 Å². The van der Waals surface area contributed by atoms with Gasteiger partial charge in [-0.25, -0.2) is 8.42 Å². The SMILES string of the molecule is CCN(CC)c1ccc(CN(C(=O)/C=C\c2ccco2)C2CCS(=O)(=O)C2)cc1. The van der Waals surface area contributed by atoms with E-state index >= 15 is 0 Å². The van der Waals surface area contributed by atoms with Crippen LogP contribution in [0.15, 0.2) is 53.2 Å². The van der Waals surface area contributed by atoms with Gasteiger partial charge < -0.3 is 14.2 Å². The number of nitrogens with zero attached hydrogens (tertiary/aromatic N) is 2. The molecule has 0 radical (unpaired) electrons. The molecule has 1 atom stereocenters. The summed E-state index contributed by atoms with van der Waals surface area (Å²) in [6.07, 6.45) is 5.08. The molecule has 6 nitrogen and oxygen atoms in total. The van der Waals surface area contributed by atoms with Crippen molar-refractivity contribution in [3.63, 3.8) is 0 Å². The van der Waals surface area contributed by atoms with E-state index in [4.69, 9.17) is 4.42 Å². The second-order valence-electron chi connectivity index (χ2n) is 7.21. The molecule has 0 bridgehead atoms. The summed E-state index contributed by atoms with van der Waals surface area (Å²) < 4.78 is 29.2. The minimum atomic E-state index is -3.09. The van der Waals surface area contributed by atoms with E-state index in [9.17, 15) is 13.2 Å². The number of amides is 1. The van der Waals surface area contributed by atoms with Crippen molar-refractivity contribution in [2.24, 2.45) is 0 Å². The van der Waals surface area contributed by atoms with Gasteiger partial charge in [0.25, 0.3) is 0 Å². The van der Waals surface area contributed by atoms with Crippen molar-refractivity contribution in [2.45, 2.75) is 32.9 Å². The van der Waals surface area contributed by atoms with Crippen LogP contribution < -0.4 is 4.90 Å². The van der Waals surface area contributed by atoms with E-state index in [1.165, 1.54) is 6.08 Å². The van der Waals surface area contributed by atoms with E-state index in [0.717, 1.165) is 24.3 Å². The first kappa shape index (κ1) is 21.2. The van der Waals surface area contributed by atoms with Gasteiger partial charge in [0.2, 0.25) is 5.91 Å². The fourth-order valence-corrected chi connectivity index (χ4v) is 5.37. The van der Waals surface area contributed by atoms with Gasteiger partial charge in [0.1, 0.15) is 5.76 Å². The quantitative estimate of drug-likeness (QED) is 0.617. The normalized spacial score (nSPS) is 18.2. The predicted molar refractivity (Wildman–Crippen MR) is 115 cm³/mol. The fourth-order valence-electron chi connectivity index (χ4n) is 3.64. The molecular formula is C22H28N2O4S. The zero-order valence-corrected chi connectivity index (χ0v) is 17.8. The Morgan fingerprint density at radius 3 is 2.45 bits per heavy atom. The van der Waals surface area contributed by atoms with Crippen LogP contribution >= 0.6 is 0 Å². The third-order valence-corrected chi connectivity index (χ3v) is 7.03. The molecule has 1 aromatic carbocycles. The van der Waals surface area contributed by atoms with Gasteiger partial charge in [-0.3, -0.25) is 4.79 Å². The molecule has 0 aliphatic carbocycles. The third kappa shape index (κ3) is 5.50. The highest BCUT2D eigenvalue weighted by Crippen LogP contribution is 2.22. The van der Waals surface area contributed by atoms with Crippen molar-refractivity contribution in [1.82, 2.24) is 4.90 Å². The summed E-state index contributed by atoms with van der Waals surface area (Å²) in [7, 11) is -3.09. The molecule has 0 saturated carbocycles. The Morgan fingerprint density at radius 1 is 1.17 bits per heavy atom. The molecule has 0 spiro atoms. The van der Waals surface area contributed by atoms with Gasteiger partial charge in [-0.2, -0.15) is 0 Å². The lowest BCUT2D eigenvalue weighted by atomic mass is 10.1. The van der Waals surface area contributed by atoms with Crippen LogP contribution in [0, 0.1) is 0 Å². The first-order chi connectivity index (χ1) is 13.9. The number of benzene rings is 1. The molecule has 2 aromatic rings. The molecule has 1 aliphatic rings. The summed E-state index contributed by atoms with van der Waals surface area (Å²) >= 11 is 0. The summed E-state index contributed by atoms with van der Waals surface area (Å²) in [4.78, 5) is 16.8. The minimum absolute atomic E-state index is 0.0187. The highest BCUT2D eigenvalue weighted by Gasteiger charge is 2.34. The standard InChI is InChI=1S/C22H28N2O4S/c1-3-23(4-2)19-9-7-18(8-10-19)16-24(20-13-15-29(26,27)17-20)22(25)12-11-21-6-5-14-28-21/h5-12,14,20H,3-4,13,15-17H2,1-2H3/b12-11-. The summed E-state index contributed by atoms with van der Waals surface area (Å²) in [5, 5.41) is 0. The van der Waals surface area contributed by atoms with Crippen molar-refractivity contribution in [2.75, 3.05) is 29.5 Å². The van der Waals surface area contributed by atoms with E-state index in [2.05, 4.69) is 30.9 Å². The maximum absolute atomic E-state index is 12.9. The molecule has 1 saturated heterocycles. The van der Waals surface area contributed by atoms with Gasteiger partial charge in [0.15, 0.2) is 9.84 Å². The number of carbonyl (C=O) groups excluding carboxylic acids is 1. The molecule has 29 heavy (non-hydrogen) atoms. The molecule has 1 aliphatic heterocycles. The maximum atomic E-state index is 12.9. The molecule has 1 aromatic heterocycles. The van der Waals surface area contributed by atoms with Crippen LogP contribution in [0.25, 0.3) is 6.08 Å². The lowest BCUT2D eigenvalue weighted by Crippen LogP contribution is -2.39. The largest absolute Gasteiger partial charge is 0.465 e. The summed E-state index contributed by atoms with van der Waals surface area (Å²) in [6, 6.07) is 11.3. The number of sulfone groups is 1. The highest BCUT2D eigenvalue weighted by atomic mass is 32.2. The van der Waals surface area contributed by atoms with E-state index in [0.29, 0.717) is 18.7 Å². The number of rotatable bonds is 8. The van der Waals surface area contributed by atoms with Crippen molar-refractivity contribution in [3.8, 4) is 0 Å². The van der Waals surface area contributed by atoms with Gasteiger partial charge in [-0.05, 0) is 56.2 Å². The molecule has 2 heterocycles. The van der Waals surface area contributed by atoms with Gasteiger partial charge in [-0.1, -0.05) is 12.1 Å². The van der Waals surface area contributed by atoms with Crippen molar-refractivity contribution in [1.29, 1.82) is 0 Å². The van der Waals surface area contributed by atoms with Gasteiger partial charge in [0, 0.05) is 37.4 Å². The Labute approximate surface area is 172 Å². The van der Waals surface area contributed by atoms with Crippen LogP contribution in [0.4, 0.5) is 5.69 Å². The van der Waals surface area contributed by atoms with E-state index in [1.807, 2.05) is 12.1 Å². The van der Waals surface area contributed by atoms with Crippen LogP contribution in [0.1, 0.15) is 31.6 Å². The minimum Gasteiger partial charge on any atom is -0.465 e. The Morgan fingerprint density at radius 2 is 1.90 bits per heavy atom. The van der Waals surface area contributed by atoms with E-state index in [1.54, 1.807) is 29.4 Å². The third-order valence-electron chi connectivity index (χ3n) is 5.28. The Balaban J connectivity index is 1.78. The highest BCUT2D eigenvalue weighted by molar-refractivity contribution is 7.91. The average molecular weight is 417 g/mol. The first-order valence-electron chi connectivity index (χ1n) is 9.98. The lowest BCUT2D eigenvalue weighted by molar-refractivity contribution is -0.128. The zero-order chi connectivity index (χ0) is 20.9. The van der Waals surface area contributed by atoms with Crippen LogP contribution in [0.5, 0.6) is 0 Å². The second kappa shape index (κ2) is 9.31. The number of carbonyl (C=O) groups is 1. The molecule has 7 heteroatoms. The van der Waals surface area contributed by atoms with Crippen LogP contribution in [-0.4, -0.2) is 49.9 Å². The van der Waals surface area contributed by atoms with Crippen LogP contribution in [0.3, 0.4) is 0 Å². The monoisotopic (exact) mass is 416 g/mol. The first-order valence-corrected chi connectivity index (χ1v) is 11.8. The smallest absolute Gasteiger partial charge is 0.247 e. The number of hydrogen-bond donors (Lipinski definition) is 0. The summed E-state index contributed by atoms with van der Waals surface area (Å²) in [6.45, 7) is 6.46. The predicted octanol–water partition coefficient (Wildman–Crippen LogP) is 3.35. The average Bonchev–Trinajstić information content (AvgIpc) is 3.35. The fraction of sp³-hybridized carbons (Fsp3) is 0.409. The zero-order valence-electron chi connectivity index (χ0n) is 17.0. The van der Waals surface area contributed by atoms with Crippen LogP contribution in [0.2, 0.25) is 0 Å². The summed E-state index contributed by atoms with van der Waals surface area (Å²) in [5.74, 6) is 0.520. The molecule has 1 fully saturated rings. The molecule has 0 N–H and O–H groups in total. The number of hydrogen-bond acceptors (Lipinski definition) is 5. The molecule has 1 amide bonds. The van der Waals surface area contributed by atoms with E-state index in [-0.39, 0.29) is 23.5 Å². The lowest BCUT2D eigenvalue weighted by Gasteiger charge is -2.28. The van der Waals surface area contributed by atoms with Gasteiger partial charge >= 0.3 is 0 Å². The van der Waals surface area contributed by atoms with Crippen molar-refractivity contribution >= 4 is 27.5 Å². The van der Waals surface area contributed by atoms with Crippen LogP contribution in [-0.2, 0) is 21.2 Å². The second-order valence-corrected chi connectivity index (χ2v) is 9.44. The Kier molecular flexibility index (Phi) is 6.79. The van der Waals surface area contributed by atoms with Crippen molar-refractivity contribution < 1.29 is 17.6 Å². The summed E-state index contributed by atoms with van der Waals surface area (Å²) in [5.41, 5.74) is 2.11. The van der Waals surface area contributed by atoms with Gasteiger partial charge in [-0.15, -0.1) is 0 Å². The topological polar surface area (TPSA) is 70.8 Å². The van der Waals surface area contributed by atoms with E-state index < -0.39 is 9.84 Å².